The summed E-state index contributed by atoms with van der Waals surface area (Å²) in [5.41, 5.74) is -2.93. The molecule has 0 spiro atoms. The number of alkyl halides is 6. The highest BCUT2D eigenvalue weighted by Gasteiger charge is 2.60. The van der Waals surface area contributed by atoms with Crippen LogP contribution in [0.5, 0.6) is 0 Å². The summed E-state index contributed by atoms with van der Waals surface area (Å²) in [6, 6.07) is 17.2. The van der Waals surface area contributed by atoms with Gasteiger partial charge in [0.25, 0.3) is 0 Å². The zero-order valence-corrected chi connectivity index (χ0v) is 16.3. The molecule has 32 heavy (non-hydrogen) atoms. The summed E-state index contributed by atoms with van der Waals surface area (Å²) in [5.74, 6) is 0. The molecule has 0 saturated heterocycles. The standard InChI is InChI=1S/C23H15F6N3/c24-22(25,26)15-10-11-17-14(12-15)13-21(23(27,28)29,30-16-6-2-1-3-7-16)32-20(17)18-8-4-5-9-19(18)31-32/h1-12,30H,13H2. The van der Waals surface area contributed by atoms with Crippen LogP contribution in [0.15, 0.2) is 72.8 Å². The smallest absolute Gasteiger partial charge is 0.354 e. The van der Waals surface area contributed by atoms with E-state index >= 15 is 0 Å². The van der Waals surface area contributed by atoms with Gasteiger partial charge in [-0.2, -0.15) is 31.4 Å². The van der Waals surface area contributed by atoms with Gasteiger partial charge in [-0.05, 0) is 35.9 Å². The second kappa shape index (κ2) is 6.75. The van der Waals surface area contributed by atoms with Crippen molar-refractivity contribution in [1.82, 2.24) is 9.78 Å². The summed E-state index contributed by atoms with van der Waals surface area (Å²) >= 11 is 0. The summed E-state index contributed by atoms with van der Waals surface area (Å²) in [4.78, 5) is 0. The van der Waals surface area contributed by atoms with Gasteiger partial charge in [0.05, 0.1) is 16.8 Å². The van der Waals surface area contributed by atoms with Gasteiger partial charge in [-0.25, -0.2) is 4.68 Å². The molecule has 9 heteroatoms. The molecule has 2 heterocycles. The quantitative estimate of drug-likeness (QED) is 0.351. The number of benzene rings is 3. The number of hydrogen-bond acceptors (Lipinski definition) is 2. The van der Waals surface area contributed by atoms with Gasteiger partial charge in [0.1, 0.15) is 0 Å². The van der Waals surface area contributed by atoms with Crippen molar-refractivity contribution in [2.45, 2.75) is 24.4 Å². The second-order valence-corrected chi connectivity index (χ2v) is 7.67. The average Bonchev–Trinajstić information content (AvgIpc) is 3.13. The molecule has 1 aliphatic heterocycles. The lowest BCUT2D eigenvalue weighted by molar-refractivity contribution is -0.208. The fourth-order valence-corrected chi connectivity index (χ4v) is 4.21. The van der Waals surface area contributed by atoms with E-state index in [9.17, 15) is 26.3 Å². The number of halogens is 6. The van der Waals surface area contributed by atoms with Crippen LogP contribution in [0.1, 0.15) is 11.1 Å². The van der Waals surface area contributed by atoms with Gasteiger partial charge >= 0.3 is 12.4 Å². The predicted octanol–water partition coefficient (Wildman–Crippen LogP) is 6.61. The molecule has 1 aliphatic rings. The number of hydrogen-bond donors (Lipinski definition) is 1. The van der Waals surface area contributed by atoms with Gasteiger partial charge in [0, 0.05) is 23.1 Å². The van der Waals surface area contributed by atoms with Crippen LogP contribution in [-0.2, 0) is 18.3 Å². The van der Waals surface area contributed by atoms with Crippen molar-refractivity contribution in [3.63, 3.8) is 0 Å². The molecule has 0 radical (unpaired) electrons. The molecule has 1 unspecified atom stereocenters. The van der Waals surface area contributed by atoms with Crippen molar-refractivity contribution < 1.29 is 26.3 Å². The highest BCUT2D eigenvalue weighted by Crippen LogP contribution is 2.49. The SMILES string of the molecule is FC(F)(F)c1ccc2c(c1)CC(Nc1ccccc1)(C(F)(F)F)n1nc3ccccc3c1-2. The van der Waals surface area contributed by atoms with Crippen molar-refractivity contribution in [2.24, 2.45) is 0 Å². The van der Waals surface area contributed by atoms with Crippen molar-refractivity contribution in [3.8, 4) is 11.3 Å². The Morgan fingerprint density at radius 2 is 1.53 bits per heavy atom. The van der Waals surface area contributed by atoms with E-state index in [1.165, 1.54) is 18.2 Å². The molecule has 164 valence electrons. The van der Waals surface area contributed by atoms with Crippen LogP contribution in [-0.4, -0.2) is 16.0 Å². The highest BCUT2D eigenvalue weighted by atomic mass is 19.4. The van der Waals surface area contributed by atoms with Crippen molar-refractivity contribution >= 4 is 16.6 Å². The van der Waals surface area contributed by atoms with Crippen LogP contribution in [0.2, 0.25) is 0 Å². The number of aromatic nitrogens is 2. The van der Waals surface area contributed by atoms with E-state index in [4.69, 9.17) is 0 Å². The molecule has 0 aliphatic carbocycles. The van der Waals surface area contributed by atoms with E-state index in [-0.39, 0.29) is 16.9 Å². The zero-order valence-electron chi connectivity index (χ0n) is 16.3. The Hall–Kier alpha value is -3.49. The van der Waals surface area contributed by atoms with Gasteiger partial charge in [-0.3, -0.25) is 0 Å². The molecule has 4 aromatic rings. The first-order valence-corrected chi connectivity index (χ1v) is 9.69. The normalized spacial score (nSPS) is 18.3. The summed E-state index contributed by atoms with van der Waals surface area (Å²) in [5, 5.41) is 7.22. The van der Waals surface area contributed by atoms with Crippen LogP contribution in [0.3, 0.4) is 0 Å². The summed E-state index contributed by atoms with van der Waals surface area (Å²) in [6.07, 6.45) is -10.3. The molecule has 0 saturated carbocycles. The molecule has 1 atom stereocenters. The van der Waals surface area contributed by atoms with E-state index in [1.807, 2.05) is 0 Å². The van der Waals surface area contributed by atoms with E-state index in [0.29, 0.717) is 16.5 Å². The maximum absolute atomic E-state index is 14.8. The van der Waals surface area contributed by atoms with Crippen LogP contribution in [0.4, 0.5) is 32.0 Å². The molecule has 1 aromatic heterocycles. The Bertz CT molecular complexity index is 1310. The van der Waals surface area contributed by atoms with Crippen molar-refractivity contribution in [2.75, 3.05) is 5.32 Å². The third-order valence-electron chi connectivity index (χ3n) is 5.67. The Labute approximate surface area is 178 Å². The first-order chi connectivity index (χ1) is 15.1. The lowest BCUT2D eigenvalue weighted by Gasteiger charge is -2.42. The summed E-state index contributed by atoms with van der Waals surface area (Å²) in [7, 11) is 0. The first-order valence-electron chi connectivity index (χ1n) is 9.69. The Balaban J connectivity index is 1.84. The van der Waals surface area contributed by atoms with Gasteiger partial charge < -0.3 is 5.32 Å². The zero-order chi connectivity index (χ0) is 22.7. The van der Waals surface area contributed by atoms with E-state index in [1.54, 1.807) is 42.5 Å². The molecule has 0 bridgehead atoms. The molecule has 0 fully saturated rings. The van der Waals surface area contributed by atoms with Crippen LogP contribution in [0, 0.1) is 0 Å². The minimum absolute atomic E-state index is 0.0567. The molecule has 3 nitrogen and oxygen atoms in total. The second-order valence-electron chi connectivity index (χ2n) is 7.67. The molecule has 5 rings (SSSR count). The maximum Gasteiger partial charge on any atom is 0.432 e. The van der Waals surface area contributed by atoms with Gasteiger partial charge in [0.2, 0.25) is 5.66 Å². The Morgan fingerprint density at radius 3 is 2.22 bits per heavy atom. The minimum atomic E-state index is -4.88. The van der Waals surface area contributed by atoms with Gasteiger partial charge in [-0.1, -0.05) is 42.5 Å². The number of nitrogens with zero attached hydrogens (tertiary/aromatic N) is 2. The summed E-state index contributed by atoms with van der Waals surface area (Å²) in [6.45, 7) is 0. The molecular formula is C23H15F6N3. The van der Waals surface area contributed by atoms with E-state index in [2.05, 4.69) is 10.4 Å². The molecule has 1 N–H and O–H groups in total. The van der Waals surface area contributed by atoms with Crippen LogP contribution < -0.4 is 5.32 Å². The third kappa shape index (κ3) is 3.03. The summed E-state index contributed by atoms with van der Waals surface area (Å²) < 4.78 is 85.3. The van der Waals surface area contributed by atoms with Gasteiger partial charge in [-0.15, -0.1) is 0 Å². The van der Waals surface area contributed by atoms with Crippen molar-refractivity contribution in [1.29, 1.82) is 0 Å². The van der Waals surface area contributed by atoms with Crippen LogP contribution >= 0.6 is 0 Å². The maximum atomic E-state index is 14.8. The minimum Gasteiger partial charge on any atom is -0.354 e. The molecule has 3 aromatic carbocycles. The fourth-order valence-electron chi connectivity index (χ4n) is 4.21. The Morgan fingerprint density at radius 1 is 0.844 bits per heavy atom. The predicted molar refractivity (Wildman–Crippen MR) is 108 cm³/mol. The van der Waals surface area contributed by atoms with Crippen LogP contribution in [0.25, 0.3) is 22.2 Å². The molecule has 0 amide bonds. The monoisotopic (exact) mass is 447 g/mol. The number of rotatable bonds is 2. The first kappa shape index (κ1) is 20.4. The van der Waals surface area contributed by atoms with E-state index in [0.717, 1.165) is 16.8 Å². The fraction of sp³-hybridized carbons (Fsp3) is 0.174. The highest BCUT2D eigenvalue weighted by molar-refractivity contribution is 5.95. The lowest BCUT2D eigenvalue weighted by atomic mass is 9.86. The number of anilines is 1. The largest absolute Gasteiger partial charge is 0.432 e. The number of nitrogens with one attached hydrogen (secondary N) is 1. The average molecular weight is 447 g/mol. The molecular weight excluding hydrogens is 432 g/mol. The van der Waals surface area contributed by atoms with E-state index < -0.39 is 30.0 Å². The third-order valence-corrected chi connectivity index (χ3v) is 5.67. The lowest BCUT2D eigenvalue weighted by Crippen LogP contribution is -2.57. The van der Waals surface area contributed by atoms with Crippen molar-refractivity contribution in [3.05, 3.63) is 83.9 Å². The number of para-hydroxylation sites is 1. The number of fused-ring (bicyclic) bond motifs is 5. The van der Waals surface area contributed by atoms with Gasteiger partial charge in [0.15, 0.2) is 0 Å². The Kier molecular flexibility index (Phi) is 4.31. The topological polar surface area (TPSA) is 29.9 Å².